The van der Waals surface area contributed by atoms with E-state index in [2.05, 4.69) is 43.0 Å². The molecule has 0 saturated carbocycles. The van der Waals surface area contributed by atoms with Crippen LogP contribution in [0.25, 0.3) is 0 Å². The first-order chi connectivity index (χ1) is 6.63. The molecule has 0 spiro atoms. The van der Waals surface area contributed by atoms with E-state index in [1.54, 1.807) is 0 Å². The molecule has 3 nitrogen and oxygen atoms in total. The monoisotopic (exact) mass is 195 g/mol. The maximum Gasteiger partial charge on any atom is 0.109 e. The van der Waals surface area contributed by atoms with Gasteiger partial charge in [-0.2, -0.15) is 0 Å². The molecule has 1 atom stereocenters. The van der Waals surface area contributed by atoms with Crippen molar-refractivity contribution in [2.24, 2.45) is 0 Å². The van der Waals surface area contributed by atoms with Crippen molar-refractivity contribution < 1.29 is 0 Å². The summed E-state index contributed by atoms with van der Waals surface area (Å²) < 4.78 is 0. The van der Waals surface area contributed by atoms with Crippen molar-refractivity contribution in [2.45, 2.75) is 52.6 Å². The second kappa shape index (κ2) is 5.15. The molecule has 0 aliphatic carbocycles. The van der Waals surface area contributed by atoms with E-state index >= 15 is 0 Å². The minimum absolute atomic E-state index is 0.519. The van der Waals surface area contributed by atoms with E-state index in [0.717, 1.165) is 18.8 Å². The molecule has 80 valence electrons. The van der Waals surface area contributed by atoms with Crippen LogP contribution in [0.5, 0.6) is 0 Å². The molecular weight excluding hydrogens is 174 g/mol. The van der Waals surface area contributed by atoms with Gasteiger partial charge in [0.2, 0.25) is 0 Å². The van der Waals surface area contributed by atoms with Gasteiger partial charge in [-0.25, -0.2) is 4.98 Å². The zero-order valence-corrected chi connectivity index (χ0v) is 9.59. The third-order valence-electron chi connectivity index (χ3n) is 2.43. The van der Waals surface area contributed by atoms with E-state index in [-0.39, 0.29) is 0 Å². The predicted molar refractivity (Wildman–Crippen MR) is 59.3 cm³/mol. The molecule has 1 heterocycles. The van der Waals surface area contributed by atoms with E-state index in [1.807, 2.05) is 6.20 Å². The van der Waals surface area contributed by atoms with Crippen LogP contribution in [0.4, 0.5) is 0 Å². The molecule has 3 heteroatoms. The molecule has 0 amide bonds. The Labute approximate surface area is 86.3 Å². The highest BCUT2D eigenvalue weighted by Crippen LogP contribution is 2.14. The fourth-order valence-electron chi connectivity index (χ4n) is 1.22. The van der Waals surface area contributed by atoms with Crippen LogP contribution in [0.3, 0.4) is 0 Å². The van der Waals surface area contributed by atoms with Crippen LogP contribution >= 0.6 is 0 Å². The van der Waals surface area contributed by atoms with Gasteiger partial charge in [-0.1, -0.05) is 27.7 Å². The Morgan fingerprint density at radius 2 is 2.14 bits per heavy atom. The number of imidazole rings is 1. The van der Waals surface area contributed by atoms with Crippen LogP contribution in [-0.4, -0.2) is 16.0 Å². The minimum atomic E-state index is 0.519. The van der Waals surface area contributed by atoms with Crippen molar-refractivity contribution in [1.82, 2.24) is 15.3 Å². The summed E-state index contributed by atoms with van der Waals surface area (Å²) in [5.74, 6) is 1.64. The zero-order chi connectivity index (χ0) is 10.6. The summed E-state index contributed by atoms with van der Waals surface area (Å²) in [4.78, 5) is 7.71. The fraction of sp³-hybridized carbons (Fsp3) is 0.727. The molecule has 1 aromatic rings. The SMILES string of the molecule is CCC(C)c1ncc(CNC(C)C)[nH]1. The maximum absolute atomic E-state index is 4.37. The highest BCUT2D eigenvalue weighted by atomic mass is 15.0. The number of H-pyrrole nitrogens is 1. The standard InChI is InChI=1S/C11H21N3/c1-5-9(4)11-13-7-10(14-11)6-12-8(2)3/h7-9,12H,5-6H2,1-4H3,(H,13,14). The molecule has 0 aliphatic heterocycles. The Morgan fingerprint density at radius 1 is 1.43 bits per heavy atom. The molecule has 1 rings (SSSR count). The lowest BCUT2D eigenvalue weighted by atomic mass is 10.1. The summed E-state index contributed by atoms with van der Waals surface area (Å²) in [6.45, 7) is 9.54. The molecule has 14 heavy (non-hydrogen) atoms. The molecule has 0 aliphatic rings. The summed E-state index contributed by atoms with van der Waals surface area (Å²) in [6.07, 6.45) is 3.06. The Hall–Kier alpha value is -0.830. The predicted octanol–water partition coefficient (Wildman–Crippen LogP) is 2.42. The van der Waals surface area contributed by atoms with E-state index < -0.39 is 0 Å². The number of aromatic amines is 1. The van der Waals surface area contributed by atoms with Gasteiger partial charge in [0.15, 0.2) is 0 Å². The van der Waals surface area contributed by atoms with Crippen molar-refractivity contribution in [3.05, 3.63) is 17.7 Å². The maximum atomic E-state index is 4.37. The van der Waals surface area contributed by atoms with Gasteiger partial charge in [-0.3, -0.25) is 0 Å². The summed E-state index contributed by atoms with van der Waals surface area (Å²) >= 11 is 0. The average molecular weight is 195 g/mol. The number of aromatic nitrogens is 2. The number of nitrogens with zero attached hydrogens (tertiary/aromatic N) is 1. The van der Waals surface area contributed by atoms with Gasteiger partial charge in [0.1, 0.15) is 5.82 Å². The zero-order valence-electron chi connectivity index (χ0n) is 9.59. The molecule has 1 aromatic heterocycles. The van der Waals surface area contributed by atoms with Crippen molar-refractivity contribution in [3.8, 4) is 0 Å². The van der Waals surface area contributed by atoms with Gasteiger partial charge in [-0.15, -0.1) is 0 Å². The van der Waals surface area contributed by atoms with Crippen LogP contribution in [0.2, 0.25) is 0 Å². The summed E-state index contributed by atoms with van der Waals surface area (Å²) in [6, 6.07) is 0.519. The lowest BCUT2D eigenvalue weighted by Gasteiger charge is -2.06. The molecule has 0 saturated heterocycles. The first-order valence-electron chi connectivity index (χ1n) is 5.40. The van der Waals surface area contributed by atoms with Crippen molar-refractivity contribution in [2.75, 3.05) is 0 Å². The smallest absolute Gasteiger partial charge is 0.109 e. The van der Waals surface area contributed by atoms with Crippen molar-refractivity contribution >= 4 is 0 Å². The molecule has 1 unspecified atom stereocenters. The third kappa shape index (κ3) is 3.14. The summed E-state index contributed by atoms with van der Waals surface area (Å²) in [7, 11) is 0. The van der Waals surface area contributed by atoms with E-state index in [0.29, 0.717) is 12.0 Å². The van der Waals surface area contributed by atoms with E-state index in [9.17, 15) is 0 Å². The van der Waals surface area contributed by atoms with E-state index in [1.165, 1.54) is 5.69 Å². The van der Waals surface area contributed by atoms with Gasteiger partial charge in [0, 0.05) is 30.4 Å². The number of rotatable bonds is 5. The Kier molecular flexibility index (Phi) is 4.14. The molecule has 0 radical (unpaired) electrons. The first-order valence-corrected chi connectivity index (χ1v) is 5.40. The van der Waals surface area contributed by atoms with Gasteiger partial charge < -0.3 is 10.3 Å². The molecule has 0 fully saturated rings. The van der Waals surface area contributed by atoms with Crippen LogP contribution in [-0.2, 0) is 6.54 Å². The highest BCUT2D eigenvalue weighted by molar-refractivity contribution is 5.04. The number of hydrogen-bond acceptors (Lipinski definition) is 2. The second-order valence-electron chi connectivity index (χ2n) is 4.14. The molecule has 0 bridgehead atoms. The Bertz CT molecular complexity index is 265. The molecular formula is C11H21N3. The summed E-state index contributed by atoms with van der Waals surface area (Å²) in [5, 5.41) is 3.36. The minimum Gasteiger partial charge on any atom is -0.345 e. The number of nitrogens with one attached hydrogen (secondary N) is 2. The highest BCUT2D eigenvalue weighted by Gasteiger charge is 2.07. The van der Waals surface area contributed by atoms with Crippen LogP contribution < -0.4 is 5.32 Å². The average Bonchev–Trinajstić information content (AvgIpc) is 2.62. The second-order valence-corrected chi connectivity index (χ2v) is 4.14. The van der Waals surface area contributed by atoms with Gasteiger partial charge in [0.05, 0.1) is 0 Å². The van der Waals surface area contributed by atoms with E-state index in [4.69, 9.17) is 0 Å². The van der Waals surface area contributed by atoms with Crippen LogP contribution in [0.1, 0.15) is 51.6 Å². The number of hydrogen-bond donors (Lipinski definition) is 2. The van der Waals surface area contributed by atoms with Crippen molar-refractivity contribution in [3.63, 3.8) is 0 Å². The third-order valence-corrected chi connectivity index (χ3v) is 2.43. The normalized spacial score (nSPS) is 13.5. The lowest BCUT2D eigenvalue weighted by molar-refractivity contribution is 0.580. The van der Waals surface area contributed by atoms with Crippen LogP contribution in [0.15, 0.2) is 6.20 Å². The van der Waals surface area contributed by atoms with Crippen molar-refractivity contribution in [1.29, 1.82) is 0 Å². The van der Waals surface area contributed by atoms with Gasteiger partial charge in [0.25, 0.3) is 0 Å². The summed E-state index contributed by atoms with van der Waals surface area (Å²) in [5.41, 5.74) is 1.18. The Morgan fingerprint density at radius 3 is 2.71 bits per heavy atom. The van der Waals surface area contributed by atoms with Gasteiger partial charge >= 0.3 is 0 Å². The topological polar surface area (TPSA) is 40.7 Å². The largest absolute Gasteiger partial charge is 0.345 e. The Balaban J connectivity index is 2.50. The fourth-order valence-corrected chi connectivity index (χ4v) is 1.22. The first kappa shape index (κ1) is 11.2. The van der Waals surface area contributed by atoms with Crippen LogP contribution in [0, 0.1) is 0 Å². The lowest BCUT2D eigenvalue weighted by Crippen LogP contribution is -2.21. The van der Waals surface area contributed by atoms with Gasteiger partial charge in [-0.05, 0) is 6.42 Å². The molecule has 0 aromatic carbocycles. The quantitative estimate of drug-likeness (QED) is 0.757. The molecule has 2 N–H and O–H groups in total.